The molecule has 0 aliphatic carbocycles. The molecule has 2 heterocycles. The molecule has 3 nitrogen and oxygen atoms in total. The minimum absolute atomic E-state index is 0.296. The first kappa shape index (κ1) is 11.7. The molecule has 0 aromatic rings. The molecule has 80 valence electrons. The normalized spacial score (nSPS) is 29.8. The first-order valence-corrected chi connectivity index (χ1v) is 5.79. The van der Waals surface area contributed by atoms with Gasteiger partial charge in [0.2, 0.25) is 0 Å². The van der Waals surface area contributed by atoms with Crippen LogP contribution in [0.15, 0.2) is 12.3 Å². The van der Waals surface area contributed by atoms with E-state index in [9.17, 15) is 0 Å². The van der Waals surface area contributed by atoms with Crippen molar-refractivity contribution >= 4 is 20.6 Å². The summed E-state index contributed by atoms with van der Waals surface area (Å²) in [5.41, 5.74) is 4.88. The molecule has 0 spiro atoms. The third kappa shape index (κ3) is 4.24. The number of ether oxygens (including phenoxy) is 1. The quantitative estimate of drug-likeness (QED) is 0.712. The van der Waals surface area contributed by atoms with E-state index in [-0.39, 0.29) is 0 Å². The third-order valence-corrected chi connectivity index (χ3v) is 2.75. The van der Waals surface area contributed by atoms with E-state index in [2.05, 4.69) is 15.9 Å². The number of fused-ring (bicyclic) bond motifs is 2. The zero-order valence-electron chi connectivity index (χ0n) is 8.21. The topological polar surface area (TPSA) is 59.1 Å². The molecule has 0 radical (unpaired) electrons. The molecule has 2 saturated heterocycles. The van der Waals surface area contributed by atoms with Crippen molar-refractivity contribution in [1.29, 1.82) is 5.41 Å². The van der Waals surface area contributed by atoms with Gasteiger partial charge in [-0.15, -0.1) is 0 Å². The highest BCUT2D eigenvalue weighted by Gasteiger charge is 2.28. The third-order valence-electron chi connectivity index (χ3n) is 2.49. The van der Waals surface area contributed by atoms with Crippen LogP contribution in [0, 0.1) is 5.41 Å². The number of hydrogen-bond acceptors (Lipinski definition) is 3. The van der Waals surface area contributed by atoms with Crippen molar-refractivity contribution < 1.29 is 4.74 Å². The first-order chi connectivity index (χ1) is 6.72. The molecular formula is C10H17BrN2O. The summed E-state index contributed by atoms with van der Waals surface area (Å²) in [5, 5.41) is 6.64. The van der Waals surface area contributed by atoms with Gasteiger partial charge >= 0.3 is 0 Å². The van der Waals surface area contributed by atoms with Crippen molar-refractivity contribution in [2.75, 3.05) is 0 Å². The van der Waals surface area contributed by atoms with Crippen molar-refractivity contribution in [2.45, 2.75) is 44.3 Å². The second kappa shape index (κ2) is 6.19. The minimum atomic E-state index is 0.296. The highest BCUT2D eigenvalue weighted by Crippen LogP contribution is 2.31. The average molecular weight is 261 g/mol. The maximum atomic E-state index is 6.64. The zero-order valence-corrected chi connectivity index (χ0v) is 9.79. The van der Waals surface area contributed by atoms with Crippen LogP contribution in [0.1, 0.15) is 32.1 Å². The predicted molar refractivity (Wildman–Crippen MR) is 61.7 cm³/mol. The van der Waals surface area contributed by atoms with E-state index in [0.29, 0.717) is 16.8 Å². The lowest BCUT2D eigenvalue weighted by atomic mass is 10.1. The molecular weight excluding hydrogens is 244 g/mol. The molecule has 4 heteroatoms. The highest BCUT2D eigenvalue weighted by molar-refractivity contribution is 9.18. The van der Waals surface area contributed by atoms with Gasteiger partial charge in [-0.05, 0) is 60.3 Å². The van der Waals surface area contributed by atoms with E-state index in [0.717, 1.165) is 0 Å². The fraction of sp³-hybridized carbons (Fsp3) is 0.700. The molecule has 14 heavy (non-hydrogen) atoms. The molecule has 3 N–H and O–H groups in total. The highest BCUT2D eigenvalue weighted by atomic mass is 79.9. The van der Waals surface area contributed by atoms with Gasteiger partial charge in [0.1, 0.15) is 0 Å². The smallest absolute Gasteiger partial charge is 0.0981 e. The van der Waals surface area contributed by atoms with Crippen LogP contribution in [0.2, 0.25) is 0 Å². The Bertz CT molecular complexity index is 204. The van der Waals surface area contributed by atoms with E-state index in [1.165, 1.54) is 44.4 Å². The summed E-state index contributed by atoms with van der Waals surface area (Å²) in [5.74, 6) is 0. The van der Waals surface area contributed by atoms with Crippen molar-refractivity contribution in [1.82, 2.24) is 0 Å². The predicted octanol–water partition coefficient (Wildman–Crippen LogP) is 2.55. The Morgan fingerprint density at radius 3 is 2.14 bits per heavy atom. The van der Waals surface area contributed by atoms with Gasteiger partial charge in [-0.3, -0.25) is 5.41 Å². The van der Waals surface area contributed by atoms with Gasteiger partial charge in [0, 0.05) is 0 Å². The second-order valence-corrected chi connectivity index (χ2v) is 4.45. The lowest BCUT2D eigenvalue weighted by Crippen LogP contribution is -2.16. The Morgan fingerprint density at radius 1 is 1.29 bits per heavy atom. The Hall–Kier alpha value is -0.350. The Morgan fingerprint density at radius 2 is 1.86 bits per heavy atom. The Kier molecular flexibility index (Phi) is 5.19. The van der Waals surface area contributed by atoms with Crippen molar-refractivity contribution in [3.63, 3.8) is 0 Å². The number of halogens is 1. The molecule has 2 aliphatic heterocycles. The lowest BCUT2D eigenvalue weighted by Gasteiger charge is -2.18. The Labute approximate surface area is 93.3 Å². The van der Waals surface area contributed by atoms with Gasteiger partial charge in [0.05, 0.1) is 16.8 Å². The maximum Gasteiger partial charge on any atom is 0.0981 e. The van der Waals surface area contributed by atoms with Gasteiger partial charge in [-0.25, -0.2) is 0 Å². The number of rotatable bonds is 1. The van der Waals surface area contributed by atoms with Crippen LogP contribution in [0.25, 0.3) is 0 Å². The molecule has 2 rings (SSSR count). The van der Waals surface area contributed by atoms with Gasteiger partial charge in [0.15, 0.2) is 0 Å². The van der Waals surface area contributed by atoms with Gasteiger partial charge < -0.3 is 10.5 Å². The summed E-state index contributed by atoms with van der Waals surface area (Å²) in [6.45, 7) is 0. The van der Waals surface area contributed by atoms with Crippen LogP contribution in [0.4, 0.5) is 0 Å². The lowest BCUT2D eigenvalue weighted by molar-refractivity contribution is 0.00575. The van der Waals surface area contributed by atoms with E-state index < -0.39 is 0 Å². The van der Waals surface area contributed by atoms with Crippen LogP contribution in [-0.2, 0) is 4.74 Å². The van der Waals surface area contributed by atoms with Gasteiger partial charge in [-0.2, -0.15) is 0 Å². The molecule has 2 bridgehead atoms. The molecule has 2 aliphatic rings. The largest absolute Gasteiger partial charge is 0.405 e. The Balaban J connectivity index is 0.000000149. The first-order valence-electron chi connectivity index (χ1n) is 5.00. The molecule has 2 unspecified atom stereocenters. The van der Waals surface area contributed by atoms with Crippen LogP contribution in [-0.4, -0.2) is 16.8 Å². The monoisotopic (exact) mass is 260 g/mol. The zero-order chi connectivity index (χ0) is 10.4. The maximum absolute atomic E-state index is 6.64. The van der Waals surface area contributed by atoms with Gasteiger partial charge in [-0.1, -0.05) is 0 Å². The summed E-state index contributed by atoms with van der Waals surface area (Å²) in [4.78, 5) is 0. The number of allylic oxidation sites excluding steroid dienone is 1. The van der Waals surface area contributed by atoms with Crippen LogP contribution < -0.4 is 5.73 Å². The fourth-order valence-corrected chi connectivity index (χ4v) is 2.02. The second-order valence-electron chi connectivity index (χ2n) is 3.60. The van der Waals surface area contributed by atoms with Crippen LogP contribution >= 0.6 is 15.9 Å². The molecule has 2 atom stereocenters. The van der Waals surface area contributed by atoms with Crippen LogP contribution in [0.5, 0.6) is 0 Å². The fourth-order valence-electron chi connectivity index (χ4n) is 1.86. The number of nitrogens with two attached hydrogens (primary N) is 1. The SMILES string of the molecule is C1CC2CCC(C1)O2.N=C(Br)/C=C\N. The van der Waals surface area contributed by atoms with Crippen molar-refractivity contribution in [3.05, 3.63) is 12.3 Å². The summed E-state index contributed by atoms with van der Waals surface area (Å²) in [6.07, 6.45) is 10.8. The van der Waals surface area contributed by atoms with E-state index >= 15 is 0 Å². The minimum Gasteiger partial charge on any atom is -0.405 e. The molecule has 0 saturated carbocycles. The summed E-state index contributed by atoms with van der Waals surface area (Å²) in [7, 11) is 0. The van der Waals surface area contributed by atoms with Gasteiger partial charge in [0.25, 0.3) is 0 Å². The summed E-state index contributed by atoms with van der Waals surface area (Å²) < 4.78 is 5.89. The number of nitrogens with one attached hydrogen (secondary N) is 1. The molecule has 0 aromatic heterocycles. The van der Waals surface area contributed by atoms with Crippen molar-refractivity contribution in [2.24, 2.45) is 5.73 Å². The molecule has 0 aromatic carbocycles. The van der Waals surface area contributed by atoms with Crippen molar-refractivity contribution in [3.8, 4) is 0 Å². The van der Waals surface area contributed by atoms with E-state index in [1.54, 1.807) is 0 Å². The average Bonchev–Trinajstić information content (AvgIpc) is 2.46. The van der Waals surface area contributed by atoms with E-state index in [1.807, 2.05) is 0 Å². The summed E-state index contributed by atoms with van der Waals surface area (Å²) >= 11 is 2.85. The van der Waals surface area contributed by atoms with Crippen LogP contribution in [0.3, 0.4) is 0 Å². The summed E-state index contributed by atoms with van der Waals surface area (Å²) in [6, 6.07) is 0. The number of hydrogen-bond donors (Lipinski definition) is 2. The molecule has 0 amide bonds. The van der Waals surface area contributed by atoms with E-state index in [4.69, 9.17) is 15.9 Å². The molecule has 2 fully saturated rings. The standard InChI is InChI=1S/C7H12O.C3H5BrN2/c1-2-6-4-5-7(3-1)8-6;4-3(6)1-2-5/h6-7H,1-5H2;1-2,6H,5H2/b;2-1-,6-3?.